The third-order valence-corrected chi connectivity index (χ3v) is 2.56. The summed E-state index contributed by atoms with van der Waals surface area (Å²) in [4.78, 5) is 4.43. The zero-order chi connectivity index (χ0) is 13.3. The van der Waals surface area contributed by atoms with Gasteiger partial charge in [0, 0.05) is 6.21 Å². The number of allylic oxidation sites excluding steroid dienone is 1. The highest BCUT2D eigenvalue weighted by Crippen LogP contribution is 2.12. The number of hydrogen-bond acceptors (Lipinski definition) is 2. The molecule has 2 aromatic carbocycles. The Balaban J connectivity index is 1.98. The maximum absolute atomic E-state index is 5.42. The van der Waals surface area contributed by atoms with E-state index in [0.29, 0.717) is 6.54 Å². The first-order valence-electron chi connectivity index (χ1n) is 6.30. The highest BCUT2D eigenvalue weighted by molar-refractivity contribution is 5.80. The van der Waals surface area contributed by atoms with Gasteiger partial charge < -0.3 is 4.74 Å². The van der Waals surface area contributed by atoms with Crippen LogP contribution in [0.4, 0.5) is 0 Å². The van der Waals surface area contributed by atoms with Gasteiger partial charge in [0.2, 0.25) is 0 Å². The maximum Gasteiger partial charge on any atom is 0.127 e. The lowest BCUT2D eigenvalue weighted by molar-refractivity contribution is 0.480. The summed E-state index contributed by atoms with van der Waals surface area (Å²) in [6.07, 6.45) is 5.39. The molecular formula is C17H17NO. The van der Waals surface area contributed by atoms with E-state index in [4.69, 9.17) is 4.74 Å². The number of rotatable bonds is 5. The van der Waals surface area contributed by atoms with E-state index in [9.17, 15) is 0 Å². The Morgan fingerprint density at radius 3 is 2.68 bits per heavy atom. The molecule has 0 unspecified atom stereocenters. The van der Waals surface area contributed by atoms with Crippen LogP contribution in [0.25, 0.3) is 0 Å². The van der Waals surface area contributed by atoms with Crippen molar-refractivity contribution in [2.24, 2.45) is 4.99 Å². The number of aliphatic imine (C=N–C) groups is 1. The van der Waals surface area contributed by atoms with Crippen LogP contribution >= 0.6 is 0 Å². The average Bonchev–Trinajstić information content (AvgIpc) is 2.47. The van der Waals surface area contributed by atoms with Gasteiger partial charge in [-0.15, -0.1) is 0 Å². The molecule has 2 aromatic rings. The van der Waals surface area contributed by atoms with Crippen LogP contribution in [0, 0.1) is 0 Å². The van der Waals surface area contributed by atoms with Gasteiger partial charge in [-0.2, -0.15) is 0 Å². The molecule has 0 aromatic heterocycles. The lowest BCUT2D eigenvalue weighted by Crippen LogP contribution is -1.86. The summed E-state index contributed by atoms with van der Waals surface area (Å²) in [6, 6.07) is 18.1. The van der Waals surface area contributed by atoms with Crippen molar-refractivity contribution in [1.82, 2.24) is 0 Å². The Bertz CT molecular complexity index is 558. The van der Waals surface area contributed by atoms with Gasteiger partial charge >= 0.3 is 0 Å². The van der Waals surface area contributed by atoms with Gasteiger partial charge in [0.15, 0.2) is 0 Å². The predicted molar refractivity (Wildman–Crippen MR) is 79.6 cm³/mol. The first-order valence-corrected chi connectivity index (χ1v) is 6.30. The van der Waals surface area contributed by atoms with Crippen molar-refractivity contribution in [2.45, 2.75) is 13.5 Å². The van der Waals surface area contributed by atoms with E-state index < -0.39 is 0 Å². The second-order valence-corrected chi connectivity index (χ2v) is 4.12. The van der Waals surface area contributed by atoms with Crippen LogP contribution in [0.5, 0.6) is 5.75 Å². The highest BCUT2D eigenvalue weighted by Gasteiger charge is 1.93. The number of nitrogens with zero attached hydrogens (tertiary/aromatic N) is 1. The highest BCUT2D eigenvalue weighted by atomic mass is 16.5. The normalized spacial score (nSPS) is 11.2. The third-order valence-electron chi connectivity index (χ3n) is 2.56. The van der Waals surface area contributed by atoms with Gasteiger partial charge in [0.25, 0.3) is 0 Å². The molecule has 0 fully saturated rings. The molecule has 2 rings (SSSR count). The molecule has 2 heteroatoms. The van der Waals surface area contributed by atoms with Crippen molar-refractivity contribution in [2.75, 3.05) is 0 Å². The molecule has 0 saturated heterocycles. The largest absolute Gasteiger partial charge is 0.465 e. The van der Waals surface area contributed by atoms with Crippen LogP contribution in [-0.2, 0) is 6.54 Å². The molecule has 0 atom stereocenters. The Labute approximate surface area is 114 Å². The Morgan fingerprint density at radius 1 is 1.05 bits per heavy atom. The number of benzene rings is 2. The average molecular weight is 251 g/mol. The van der Waals surface area contributed by atoms with Crippen LogP contribution in [0.2, 0.25) is 0 Å². The fraction of sp³-hybridized carbons (Fsp3) is 0.118. The molecule has 0 aliphatic carbocycles. The van der Waals surface area contributed by atoms with E-state index in [1.54, 1.807) is 6.26 Å². The molecule has 0 N–H and O–H groups in total. The molecule has 0 amide bonds. The maximum atomic E-state index is 5.42. The van der Waals surface area contributed by atoms with Crippen molar-refractivity contribution in [3.05, 3.63) is 78.1 Å². The lowest BCUT2D eigenvalue weighted by Gasteiger charge is -2.00. The van der Waals surface area contributed by atoms with Gasteiger partial charge in [-0.1, -0.05) is 48.5 Å². The topological polar surface area (TPSA) is 21.6 Å². The van der Waals surface area contributed by atoms with Crippen LogP contribution in [-0.4, -0.2) is 6.21 Å². The molecule has 0 saturated carbocycles. The Hall–Kier alpha value is -2.35. The Kier molecular flexibility index (Phi) is 4.94. The molecule has 0 radical (unpaired) electrons. The summed E-state index contributed by atoms with van der Waals surface area (Å²) in [5.74, 6) is 0.821. The van der Waals surface area contributed by atoms with Gasteiger partial charge in [-0.25, -0.2) is 0 Å². The molecular weight excluding hydrogens is 234 g/mol. The number of ether oxygens (including phenoxy) is 1. The van der Waals surface area contributed by atoms with Crippen molar-refractivity contribution < 1.29 is 4.74 Å². The zero-order valence-corrected chi connectivity index (χ0v) is 11.0. The summed E-state index contributed by atoms with van der Waals surface area (Å²) < 4.78 is 5.42. The van der Waals surface area contributed by atoms with E-state index in [0.717, 1.165) is 11.3 Å². The lowest BCUT2D eigenvalue weighted by atomic mass is 10.2. The minimum Gasteiger partial charge on any atom is -0.465 e. The summed E-state index contributed by atoms with van der Waals surface area (Å²) in [5.41, 5.74) is 2.25. The van der Waals surface area contributed by atoms with Gasteiger partial charge in [-0.05, 0) is 30.2 Å². The summed E-state index contributed by atoms with van der Waals surface area (Å²) >= 11 is 0. The van der Waals surface area contributed by atoms with E-state index in [-0.39, 0.29) is 0 Å². The van der Waals surface area contributed by atoms with Crippen LogP contribution in [0.3, 0.4) is 0 Å². The Morgan fingerprint density at radius 2 is 1.89 bits per heavy atom. The third kappa shape index (κ3) is 4.43. The molecule has 19 heavy (non-hydrogen) atoms. The summed E-state index contributed by atoms with van der Waals surface area (Å²) in [6.45, 7) is 2.62. The van der Waals surface area contributed by atoms with E-state index in [2.05, 4.69) is 17.1 Å². The van der Waals surface area contributed by atoms with Gasteiger partial charge in [-0.3, -0.25) is 4.99 Å². The monoisotopic (exact) mass is 251 g/mol. The van der Waals surface area contributed by atoms with E-state index in [1.165, 1.54) is 5.56 Å². The van der Waals surface area contributed by atoms with Crippen LogP contribution in [0.15, 0.2) is 71.9 Å². The van der Waals surface area contributed by atoms with Crippen molar-refractivity contribution in [3.63, 3.8) is 0 Å². The first-order chi connectivity index (χ1) is 9.38. The minimum absolute atomic E-state index is 0.695. The SMILES string of the molecule is C/C=C\Oc1cccc(C=NCc2ccccc2)c1. The van der Waals surface area contributed by atoms with Gasteiger partial charge in [0.1, 0.15) is 5.75 Å². The first kappa shape index (κ1) is 13.1. The molecule has 2 nitrogen and oxygen atoms in total. The fourth-order valence-corrected chi connectivity index (χ4v) is 1.65. The molecule has 96 valence electrons. The summed E-state index contributed by atoms with van der Waals surface area (Å²) in [5, 5.41) is 0. The predicted octanol–water partition coefficient (Wildman–Crippen LogP) is 4.22. The summed E-state index contributed by atoms with van der Waals surface area (Å²) in [7, 11) is 0. The van der Waals surface area contributed by atoms with Crippen LogP contribution < -0.4 is 4.74 Å². The van der Waals surface area contributed by atoms with Crippen molar-refractivity contribution in [3.8, 4) is 5.75 Å². The van der Waals surface area contributed by atoms with Crippen molar-refractivity contribution >= 4 is 6.21 Å². The van der Waals surface area contributed by atoms with Crippen LogP contribution in [0.1, 0.15) is 18.1 Å². The van der Waals surface area contributed by atoms with Crippen molar-refractivity contribution in [1.29, 1.82) is 0 Å². The molecule has 0 bridgehead atoms. The van der Waals surface area contributed by atoms with E-state index in [1.807, 2.05) is 61.7 Å². The molecule has 0 aliphatic heterocycles. The van der Waals surface area contributed by atoms with Gasteiger partial charge in [0.05, 0.1) is 12.8 Å². The quantitative estimate of drug-likeness (QED) is 0.576. The zero-order valence-electron chi connectivity index (χ0n) is 11.0. The number of hydrogen-bond donors (Lipinski definition) is 0. The fourth-order valence-electron chi connectivity index (χ4n) is 1.65. The second kappa shape index (κ2) is 7.17. The smallest absolute Gasteiger partial charge is 0.127 e. The molecule has 0 aliphatic rings. The second-order valence-electron chi connectivity index (χ2n) is 4.12. The van der Waals surface area contributed by atoms with E-state index >= 15 is 0 Å². The molecule has 0 spiro atoms. The standard InChI is InChI=1S/C17H17NO/c1-2-11-19-17-10-6-9-16(12-17)14-18-13-15-7-4-3-5-8-15/h2-12,14H,13H2,1H3/b11-2-,18-14?. The minimum atomic E-state index is 0.695. The molecule has 0 heterocycles.